The SMILES string of the molecule is CCCN(Cc1ccccc1)C(=O)Nc1cc(C(F)(F)F)ccc1N1CCOCC1. The second-order valence-corrected chi connectivity index (χ2v) is 7.17. The number of hydrogen-bond donors (Lipinski definition) is 1. The fourth-order valence-electron chi connectivity index (χ4n) is 3.41. The summed E-state index contributed by atoms with van der Waals surface area (Å²) in [6.45, 7) is 4.91. The first-order valence-corrected chi connectivity index (χ1v) is 10.0. The van der Waals surface area contributed by atoms with E-state index in [-0.39, 0.29) is 5.69 Å². The third-order valence-corrected chi connectivity index (χ3v) is 4.91. The molecule has 1 heterocycles. The van der Waals surface area contributed by atoms with Gasteiger partial charge in [0.25, 0.3) is 0 Å². The molecule has 2 amide bonds. The zero-order valence-electron chi connectivity index (χ0n) is 16.9. The topological polar surface area (TPSA) is 44.8 Å². The minimum Gasteiger partial charge on any atom is -0.378 e. The second-order valence-electron chi connectivity index (χ2n) is 7.17. The van der Waals surface area contributed by atoms with Gasteiger partial charge < -0.3 is 19.9 Å². The predicted molar refractivity (Wildman–Crippen MR) is 111 cm³/mol. The molecule has 1 fully saturated rings. The Bertz CT molecular complexity index is 837. The predicted octanol–water partition coefficient (Wildman–Crippen LogP) is 4.99. The maximum atomic E-state index is 13.3. The summed E-state index contributed by atoms with van der Waals surface area (Å²) in [7, 11) is 0. The first kappa shape index (κ1) is 22.0. The molecule has 0 bridgehead atoms. The van der Waals surface area contributed by atoms with E-state index in [4.69, 9.17) is 4.74 Å². The van der Waals surface area contributed by atoms with Crippen LogP contribution in [0.25, 0.3) is 0 Å². The molecular weight excluding hydrogens is 395 g/mol. The molecule has 0 aromatic heterocycles. The van der Waals surface area contributed by atoms with Crippen molar-refractivity contribution < 1.29 is 22.7 Å². The molecule has 2 aromatic rings. The summed E-state index contributed by atoms with van der Waals surface area (Å²) >= 11 is 0. The van der Waals surface area contributed by atoms with E-state index in [0.29, 0.717) is 45.1 Å². The monoisotopic (exact) mass is 421 g/mol. The average Bonchev–Trinajstić information content (AvgIpc) is 2.74. The molecule has 0 unspecified atom stereocenters. The lowest BCUT2D eigenvalue weighted by molar-refractivity contribution is -0.137. The van der Waals surface area contributed by atoms with Gasteiger partial charge in [0.15, 0.2) is 0 Å². The maximum absolute atomic E-state index is 13.3. The molecule has 0 aliphatic carbocycles. The molecule has 1 saturated heterocycles. The van der Waals surface area contributed by atoms with Gasteiger partial charge in [-0.3, -0.25) is 0 Å². The van der Waals surface area contributed by atoms with Crippen molar-refractivity contribution in [3.8, 4) is 0 Å². The molecule has 8 heteroatoms. The molecular formula is C22H26F3N3O2. The van der Waals surface area contributed by atoms with E-state index in [9.17, 15) is 18.0 Å². The van der Waals surface area contributed by atoms with Crippen molar-refractivity contribution in [3.05, 3.63) is 59.7 Å². The van der Waals surface area contributed by atoms with Crippen LogP contribution in [0.1, 0.15) is 24.5 Å². The zero-order chi connectivity index (χ0) is 21.6. The largest absolute Gasteiger partial charge is 0.416 e. The smallest absolute Gasteiger partial charge is 0.378 e. The van der Waals surface area contributed by atoms with Crippen molar-refractivity contribution in [1.82, 2.24) is 4.90 Å². The lowest BCUT2D eigenvalue weighted by atomic mass is 10.1. The van der Waals surface area contributed by atoms with E-state index >= 15 is 0 Å². The molecule has 3 rings (SSSR count). The van der Waals surface area contributed by atoms with E-state index in [0.717, 1.165) is 24.1 Å². The number of rotatable bonds is 6. The zero-order valence-corrected chi connectivity index (χ0v) is 16.9. The Morgan fingerprint density at radius 2 is 1.83 bits per heavy atom. The Balaban J connectivity index is 1.86. The molecule has 1 aliphatic rings. The minimum atomic E-state index is -4.49. The highest BCUT2D eigenvalue weighted by molar-refractivity contribution is 5.93. The van der Waals surface area contributed by atoms with Crippen molar-refractivity contribution in [2.45, 2.75) is 26.1 Å². The lowest BCUT2D eigenvalue weighted by Crippen LogP contribution is -2.38. The van der Waals surface area contributed by atoms with Crippen molar-refractivity contribution in [2.75, 3.05) is 43.1 Å². The maximum Gasteiger partial charge on any atom is 0.416 e. The standard InChI is InChI=1S/C22H26F3N3O2/c1-2-10-28(16-17-6-4-3-5-7-17)21(29)26-19-15-18(22(23,24)25)8-9-20(19)27-11-13-30-14-12-27/h3-9,15H,2,10-14,16H2,1H3,(H,26,29). The number of anilines is 2. The fraction of sp³-hybridized carbons (Fsp3) is 0.409. The number of morpholine rings is 1. The first-order chi connectivity index (χ1) is 14.4. The Kier molecular flexibility index (Phi) is 7.20. The second kappa shape index (κ2) is 9.84. The van der Waals surface area contributed by atoms with E-state index in [1.54, 1.807) is 4.90 Å². The Morgan fingerprint density at radius 3 is 2.47 bits per heavy atom. The number of ether oxygens (including phenoxy) is 1. The Hall–Kier alpha value is -2.74. The number of benzene rings is 2. The molecule has 5 nitrogen and oxygen atoms in total. The van der Waals surface area contributed by atoms with Gasteiger partial charge in [-0.2, -0.15) is 13.2 Å². The van der Waals surface area contributed by atoms with Crippen molar-refractivity contribution in [2.24, 2.45) is 0 Å². The third kappa shape index (κ3) is 5.66. The number of carbonyl (C=O) groups is 1. The summed E-state index contributed by atoms with van der Waals surface area (Å²) in [6, 6.07) is 12.6. The van der Waals surface area contributed by atoms with Crippen LogP contribution in [0.15, 0.2) is 48.5 Å². The molecule has 0 atom stereocenters. The number of urea groups is 1. The van der Waals surface area contributed by atoms with Gasteiger partial charge in [-0.05, 0) is 30.2 Å². The third-order valence-electron chi connectivity index (χ3n) is 4.91. The normalized spacial score (nSPS) is 14.5. The van der Waals surface area contributed by atoms with E-state index < -0.39 is 17.8 Å². The van der Waals surface area contributed by atoms with Crippen molar-refractivity contribution in [3.63, 3.8) is 0 Å². The Labute approximate surface area is 174 Å². The first-order valence-electron chi connectivity index (χ1n) is 10.0. The summed E-state index contributed by atoms with van der Waals surface area (Å²) < 4.78 is 45.2. The summed E-state index contributed by atoms with van der Waals surface area (Å²) in [5, 5.41) is 2.73. The number of carbonyl (C=O) groups excluding carboxylic acids is 1. The number of nitrogens with one attached hydrogen (secondary N) is 1. The number of alkyl halides is 3. The summed E-state index contributed by atoms with van der Waals surface area (Å²) in [5.41, 5.74) is 0.889. The van der Waals surface area contributed by atoms with Crippen LogP contribution in [0, 0.1) is 0 Å². The van der Waals surface area contributed by atoms with Crippen LogP contribution in [-0.4, -0.2) is 43.8 Å². The highest BCUT2D eigenvalue weighted by atomic mass is 19.4. The van der Waals surface area contributed by atoms with Crippen LogP contribution in [-0.2, 0) is 17.5 Å². The van der Waals surface area contributed by atoms with Crippen LogP contribution in [0.5, 0.6) is 0 Å². The molecule has 0 radical (unpaired) electrons. The van der Waals surface area contributed by atoms with Gasteiger partial charge in [0.05, 0.1) is 30.2 Å². The molecule has 0 spiro atoms. The number of nitrogens with zero attached hydrogens (tertiary/aromatic N) is 2. The highest BCUT2D eigenvalue weighted by Gasteiger charge is 2.32. The van der Waals surface area contributed by atoms with Gasteiger partial charge in [0, 0.05) is 26.2 Å². The molecule has 1 aliphatic heterocycles. The van der Waals surface area contributed by atoms with E-state index in [1.165, 1.54) is 6.07 Å². The summed E-state index contributed by atoms with van der Waals surface area (Å²) in [5.74, 6) is 0. The van der Waals surface area contributed by atoms with Crippen LogP contribution in [0.3, 0.4) is 0 Å². The average molecular weight is 421 g/mol. The van der Waals surface area contributed by atoms with E-state index in [2.05, 4.69) is 5.32 Å². The van der Waals surface area contributed by atoms with Gasteiger partial charge in [-0.25, -0.2) is 4.79 Å². The summed E-state index contributed by atoms with van der Waals surface area (Å²) in [6.07, 6.45) is -3.75. The molecule has 2 aromatic carbocycles. The van der Waals surface area contributed by atoms with Crippen molar-refractivity contribution >= 4 is 17.4 Å². The van der Waals surface area contributed by atoms with Gasteiger partial charge in [0.1, 0.15) is 0 Å². The van der Waals surface area contributed by atoms with Crippen LogP contribution >= 0.6 is 0 Å². The van der Waals surface area contributed by atoms with Crippen LogP contribution in [0.4, 0.5) is 29.3 Å². The van der Waals surface area contributed by atoms with Crippen LogP contribution < -0.4 is 10.2 Å². The highest BCUT2D eigenvalue weighted by Crippen LogP contribution is 2.36. The van der Waals surface area contributed by atoms with Crippen molar-refractivity contribution in [1.29, 1.82) is 0 Å². The number of halogens is 3. The Morgan fingerprint density at radius 1 is 1.13 bits per heavy atom. The number of amides is 2. The summed E-state index contributed by atoms with van der Waals surface area (Å²) in [4.78, 5) is 16.5. The fourth-order valence-corrected chi connectivity index (χ4v) is 3.41. The minimum absolute atomic E-state index is 0.158. The number of hydrogen-bond acceptors (Lipinski definition) is 3. The van der Waals surface area contributed by atoms with Gasteiger partial charge in [-0.15, -0.1) is 0 Å². The van der Waals surface area contributed by atoms with Gasteiger partial charge >= 0.3 is 12.2 Å². The van der Waals surface area contributed by atoms with E-state index in [1.807, 2.05) is 42.2 Å². The molecule has 162 valence electrons. The lowest BCUT2D eigenvalue weighted by Gasteiger charge is -2.31. The van der Waals surface area contributed by atoms with Gasteiger partial charge in [-0.1, -0.05) is 37.3 Å². The molecule has 1 N–H and O–H groups in total. The molecule has 0 saturated carbocycles. The van der Waals surface area contributed by atoms with Gasteiger partial charge in [0.2, 0.25) is 0 Å². The van der Waals surface area contributed by atoms with Crippen LogP contribution in [0.2, 0.25) is 0 Å². The quantitative estimate of drug-likeness (QED) is 0.715. The molecule has 30 heavy (non-hydrogen) atoms.